The molecule has 1 aliphatic heterocycles. The summed E-state index contributed by atoms with van der Waals surface area (Å²) >= 11 is 0. The van der Waals surface area contributed by atoms with Gasteiger partial charge < -0.3 is 4.74 Å². The van der Waals surface area contributed by atoms with Gasteiger partial charge in [-0.2, -0.15) is 0 Å². The standard InChI is InChI=1S/C19H21N3O4/c1-26-14-6-4-13(5-7-14)20-10-15-17(23)21-19(25)22(18(15)24)16-9-11-2-3-12(16)8-11/h4-7,10-12,15-16H,2-3,8-9H2,1H3,(H,21,23,25)/t11-,12-,15+,16-/m0/s1. The summed E-state index contributed by atoms with van der Waals surface area (Å²) < 4.78 is 5.09. The number of nitrogens with zero attached hydrogens (tertiary/aromatic N) is 2. The number of hydrogen-bond donors (Lipinski definition) is 1. The highest BCUT2D eigenvalue weighted by Gasteiger charge is 2.50. The minimum atomic E-state index is -1.08. The first-order chi connectivity index (χ1) is 12.6. The first-order valence-electron chi connectivity index (χ1n) is 8.93. The van der Waals surface area contributed by atoms with Gasteiger partial charge in [-0.3, -0.25) is 24.8 Å². The maximum absolute atomic E-state index is 12.9. The van der Waals surface area contributed by atoms with Gasteiger partial charge in [0.25, 0.3) is 0 Å². The number of carbonyl (C=O) groups is 3. The van der Waals surface area contributed by atoms with Crippen LogP contribution in [0.25, 0.3) is 0 Å². The number of fused-ring (bicyclic) bond motifs is 2. The van der Waals surface area contributed by atoms with Crippen molar-refractivity contribution in [3.05, 3.63) is 24.3 Å². The third kappa shape index (κ3) is 2.87. The van der Waals surface area contributed by atoms with Crippen molar-refractivity contribution >= 4 is 29.7 Å². The number of carbonyl (C=O) groups excluding carboxylic acids is 3. The van der Waals surface area contributed by atoms with Gasteiger partial charge >= 0.3 is 6.03 Å². The molecule has 3 aliphatic rings. The van der Waals surface area contributed by atoms with Crippen LogP contribution in [0.4, 0.5) is 10.5 Å². The summed E-state index contributed by atoms with van der Waals surface area (Å²) in [4.78, 5) is 42.8. The average Bonchev–Trinajstić information content (AvgIpc) is 3.25. The molecule has 0 unspecified atom stereocenters. The molecule has 26 heavy (non-hydrogen) atoms. The summed E-state index contributed by atoms with van der Waals surface area (Å²) in [5.74, 6) is -0.501. The van der Waals surface area contributed by atoms with Crippen molar-refractivity contribution < 1.29 is 19.1 Å². The van der Waals surface area contributed by atoms with Gasteiger partial charge in [0, 0.05) is 12.3 Å². The molecule has 0 aromatic heterocycles. The lowest BCUT2D eigenvalue weighted by molar-refractivity contribution is -0.141. The first kappa shape index (κ1) is 16.8. The third-order valence-electron chi connectivity index (χ3n) is 5.71. The van der Waals surface area contributed by atoms with Gasteiger partial charge in [0.15, 0.2) is 5.92 Å². The number of hydrogen-bond acceptors (Lipinski definition) is 5. The number of rotatable bonds is 4. The van der Waals surface area contributed by atoms with E-state index in [-0.39, 0.29) is 6.04 Å². The predicted octanol–water partition coefficient (Wildman–Crippen LogP) is 2.28. The van der Waals surface area contributed by atoms with Gasteiger partial charge in [0.1, 0.15) is 5.75 Å². The van der Waals surface area contributed by atoms with Gasteiger partial charge in [0.2, 0.25) is 11.8 Å². The highest BCUT2D eigenvalue weighted by Crippen LogP contribution is 2.47. The lowest BCUT2D eigenvalue weighted by atomic mass is 9.92. The summed E-state index contributed by atoms with van der Waals surface area (Å²) in [5.41, 5.74) is 0.606. The Morgan fingerprint density at radius 3 is 2.54 bits per heavy atom. The highest BCUT2D eigenvalue weighted by molar-refractivity contribution is 6.23. The number of benzene rings is 1. The van der Waals surface area contributed by atoms with Crippen LogP contribution >= 0.6 is 0 Å². The van der Waals surface area contributed by atoms with Gasteiger partial charge in [-0.25, -0.2) is 4.79 Å². The van der Waals surface area contributed by atoms with Crippen LogP contribution in [0.3, 0.4) is 0 Å². The maximum atomic E-state index is 12.9. The molecule has 0 spiro atoms. The van der Waals surface area contributed by atoms with Crippen LogP contribution in [-0.4, -0.2) is 42.1 Å². The van der Waals surface area contributed by atoms with Crippen LogP contribution < -0.4 is 10.1 Å². The van der Waals surface area contributed by atoms with Crippen molar-refractivity contribution in [2.75, 3.05) is 7.11 Å². The zero-order valence-electron chi connectivity index (χ0n) is 14.6. The molecule has 2 aliphatic carbocycles. The Morgan fingerprint density at radius 2 is 1.92 bits per heavy atom. The lowest BCUT2D eigenvalue weighted by Crippen LogP contribution is -2.62. The number of urea groups is 1. The number of nitrogens with one attached hydrogen (secondary N) is 1. The molecule has 1 aromatic rings. The van der Waals surface area contributed by atoms with E-state index >= 15 is 0 Å². The molecule has 2 bridgehead atoms. The monoisotopic (exact) mass is 355 g/mol. The number of amides is 4. The Hall–Kier alpha value is -2.70. The maximum Gasteiger partial charge on any atom is 0.331 e. The topological polar surface area (TPSA) is 88.1 Å². The quantitative estimate of drug-likeness (QED) is 0.663. The number of imide groups is 2. The Kier molecular flexibility index (Phi) is 4.22. The molecule has 7 nitrogen and oxygen atoms in total. The zero-order chi connectivity index (χ0) is 18.3. The summed E-state index contributed by atoms with van der Waals surface area (Å²) in [6, 6.07) is 6.29. The molecule has 3 fully saturated rings. The second kappa shape index (κ2) is 6.55. The zero-order valence-corrected chi connectivity index (χ0v) is 14.6. The molecule has 2 saturated carbocycles. The third-order valence-corrected chi connectivity index (χ3v) is 5.71. The summed E-state index contributed by atoms with van der Waals surface area (Å²) in [5, 5.41) is 2.32. The van der Waals surface area contributed by atoms with Gasteiger partial charge in [-0.15, -0.1) is 0 Å². The summed E-state index contributed by atoms with van der Waals surface area (Å²) in [7, 11) is 1.57. The van der Waals surface area contributed by atoms with Crippen molar-refractivity contribution in [2.24, 2.45) is 22.7 Å². The summed E-state index contributed by atoms with van der Waals surface area (Å²) in [6.07, 6.45) is 5.46. The minimum Gasteiger partial charge on any atom is -0.497 e. The molecule has 7 heteroatoms. The molecule has 136 valence electrons. The van der Waals surface area contributed by atoms with Crippen molar-refractivity contribution in [3.63, 3.8) is 0 Å². The Labute approximate surface area is 151 Å². The molecule has 1 saturated heterocycles. The molecule has 4 amide bonds. The Morgan fingerprint density at radius 1 is 1.15 bits per heavy atom. The number of aliphatic imine (C=N–C) groups is 1. The highest BCUT2D eigenvalue weighted by atomic mass is 16.5. The van der Waals surface area contributed by atoms with Gasteiger partial charge in [0.05, 0.1) is 12.8 Å². The number of barbiturate groups is 1. The van der Waals surface area contributed by atoms with Crippen LogP contribution in [-0.2, 0) is 9.59 Å². The van der Waals surface area contributed by atoms with Crippen LogP contribution in [0.2, 0.25) is 0 Å². The normalized spacial score (nSPS) is 31.0. The Bertz CT molecular complexity index is 773. The molecule has 1 aromatic carbocycles. The van der Waals surface area contributed by atoms with E-state index < -0.39 is 23.8 Å². The molecule has 4 atom stereocenters. The van der Waals surface area contributed by atoms with E-state index in [0.29, 0.717) is 23.3 Å². The fourth-order valence-corrected chi connectivity index (χ4v) is 4.41. The van der Waals surface area contributed by atoms with Crippen molar-refractivity contribution in [1.29, 1.82) is 0 Å². The van der Waals surface area contributed by atoms with E-state index in [2.05, 4.69) is 10.3 Å². The largest absolute Gasteiger partial charge is 0.497 e. The fraction of sp³-hybridized carbons (Fsp3) is 0.474. The Balaban J connectivity index is 1.53. The first-order valence-corrected chi connectivity index (χ1v) is 8.93. The smallest absolute Gasteiger partial charge is 0.331 e. The number of methoxy groups -OCH3 is 1. The molecular formula is C19H21N3O4. The van der Waals surface area contributed by atoms with Crippen LogP contribution in [0.5, 0.6) is 5.75 Å². The van der Waals surface area contributed by atoms with E-state index in [1.807, 2.05) is 0 Å². The van der Waals surface area contributed by atoms with Crippen LogP contribution in [0.1, 0.15) is 25.7 Å². The predicted molar refractivity (Wildman–Crippen MR) is 94.3 cm³/mol. The molecular weight excluding hydrogens is 334 g/mol. The van der Waals surface area contributed by atoms with Gasteiger partial charge in [-0.05, 0) is 55.4 Å². The number of ether oxygens (including phenoxy) is 1. The van der Waals surface area contributed by atoms with Crippen molar-refractivity contribution in [1.82, 2.24) is 10.2 Å². The van der Waals surface area contributed by atoms with Crippen molar-refractivity contribution in [2.45, 2.75) is 31.7 Å². The van der Waals surface area contributed by atoms with E-state index in [1.165, 1.54) is 17.5 Å². The van der Waals surface area contributed by atoms with Gasteiger partial charge in [-0.1, -0.05) is 6.42 Å². The van der Waals surface area contributed by atoms with E-state index in [4.69, 9.17) is 4.74 Å². The molecule has 1 N–H and O–H groups in total. The van der Waals surface area contributed by atoms with E-state index in [9.17, 15) is 14.4 Å². The molecule has 1 heterocycles. The van der Waals surface area contributed by atoms with Crippen molar-refractivity contribution in [3.8, 4) is 5.75 Å². The molecule has 4 rings (SSSR count). The van der Waals surface area contributed by atoms with Crippen LogP contribution in [0, 0.1) is 17.8 Å². The minimum absolute atomic E-state index is 0.0914. The lowest BCUT2D eigenvalue weighted by Gasteiger charge is -2.36. The van der Waals surface area contributed by atoms with Crippen LogP contribution in [0.15, 0.2) is 29.3 Å². The molecule has 0 radical (unpaired) electrons. The van der Waals surface area contributed by atoms with E-state index in [0.717, 1.165) is 19.3 Å². The van der Waals surface area contributed by atoms with E-state index in [1.54, 1.807) is 31.4 Å². The fourth-order valence-electron chi connectivity index (χ4n) is 4.41. The average molecular weight is 355 g/mol. The summed E-state index contributed by atoms with van der Waals surface area (Å²) in [6.45, 7) is 0. The second-order valence-corrected chi connectivity index (χ2v) is 7.20. The SMILES string of the molecule is COc1ccc(N=C[C@@H]2C(=O)NC(=O)N([C@H]3C[C@H]4CC[C@H]3C4)C2=O)cc1. The second-order valence-electron chi connectivity index (χ2n) is 7.20.